The number of nitrogens with zero attached hydrogens (tertiary/aromatic N) is 5. The predicted octanol–water partition coefficient (Wildman–Crippen LogP) is 1.94. The molecule has 0 spiro atoms. The number of aryl methyl sites for hydroxylation is 1. The van der Waals surface area contributed by atoms with Crippen LogP contribution >= 0.6 is 24.0 Å². The first-order valence-electron chi connectivity index (χ1n) is 7.68. The molecule has 0 unspecified atom stereocenters. The van der Waals surface area contributed by atoms with Gasteiger partial charge in [0.05, 0.1) is 13.1 Å². The van der Waals surface area contributed by atoms with Crippen molar-refractivity contribution in [3.8, 4) is 0 Å². The van der Waals surface area contributed by atoms with Gasteiger partial charge in [0.15, 0.2) is 17.4 Å². The van der Waals surface area contributed by atoms with Crippen molar-refractivity contribution in [2.24, 2.45) is 12.0 Å². The van der Waals surface area contributed by atoms with Crippen LogP contribution in [0.15, 0.2) is 47.8 Å². The molecule has 3 aromatic rings. The van der Waals surface area contributed by atoms with Gasteiger partial charge in [0.25, 0.3) is 0 Å². The zero-order valence-electron chi connectivity index (χ0n) is 13.8. The molecule has 0 aromatic carbocycles. The Morgan fingerprint density at radius 1 is 1.17 bits per heavy atom. The summed E-state index contributed by atoms with van der Waals surface area (Å²) in [5.74, 6) is 1.62. The minimum atomic E-state index is 0. The van der Waals surface area contributed by atoms with Gasteiger partial charge in [-0.15, -0.1) is 34.2 Å². The SMILES string of the molecule is CCNC(=NCc1ccn(C)c1)NCc1nnc2ccccn12.I. The van der Waals surface area contributed by atoms with Crippen LogP contribution in [0.1, 0.15) is 18.3 Å². The Morgan fingerprint density at radius 2 is 2.04 bits per heavy atom. The van der Waals surface area contributed by atoms with Gasteiger partial charge in [0.1, 0.15) is 0 Å². The van der Waals surface area contributed by atoms with Crippen LogP contribution in [0.4, 0.5) is 0 Å². The molecular weight excluding hydrogens is 417 g/mol. The Hall–Kier alpha value is -2.10. The van der Waals surface area contributed by atoms with Crippen molar-refractivity contribution in [3.63, 3.8) is 0 Å². The second-order valence-corrected chi connectivity index (χ2v) is 5.28. The van der Waals surface area contributed by atoms with Crippen molar-refractivity contribution in [2.75, 3.05) is 6.54 Å². The zero-order chi connectivity index (χ0) is 16.1. The maximum absolute atomic E-state index is 4.60. The average molecular weight is 439 g/mol. The van der Waals surface area contributed by atoms with Crippen LogP contribution < -0.4 is 10.6 Å². The standard InChI is InChI=1S/C16H21N7.HI/c1-3-17-16(18-10-13-7-9-22(2)12-13)19-11-15-21-20-14-6-4-5-8-23(14)15;/h4-9,12H,3,10-11H2,1-2H3,(H2,17,18,19);1H. The van der Waals surface area contributed by atoms with Gasteiger partial charge in [0.2, 0.25) is 0 Å². The number of fused-ring (bicyclic) bond motifs is 1. The number of aromatic nitrogens is 4. The number of hydrogen-bond donors (Lipinski definition) is 2. The summed E-state index contributed by atoms with van der Waals surface area (Å²) >= 11 is 0. The lowest BCUT2D eigenvalue weighted by Gasteiger charge is -2.10. The summed E-state index contributed by atoms with van der Waals surface area (Å²) in [6.07, 6.45) is 6.05. The van der Waals surface area contributed by atoms with E-state index in [0.717, 1.165) is 24.0 Å². The third kappa shape index (κ3) is 4.47. The van der Waals surface area contributed by atoms with Crippen LogP contribution in [0, 0.1) is 0 Å². The fourth-order valence-corrected chi connectivity index (χ4v) is 2.34. The molecule has 2 N–H and O–H groups in total. The highest BCUT2D eigenvalue weighted by atomic mass is 127. The maximum Gasteiger partial charge on any atom is 0.191 e. The van der Waals surface area contributed by atoms with Crippen LogP contribution in [0.2, 0.25) is 0 Å². The normalized spacial score (nSPS) is 11.3. The molecule has 24 heavy (non-hydrogen) atoms. The average Bonchev–Trinajstić information content (AvgIpc) is 3.16. The van der Waals surface area contributed by atoms with Crippen LogP contribution in [0.25, 0.3) is 5.65 Å². The summed E-state index contributed by atoms with van der Waals surface area (Å²) in [5, 5.41) is 14.9. The first-order valence-corrected chi connectivity index (χ1v) is 7.68. The molecule has 7 nitrogen and oxygen atoms in total. The quantitative estimate of drug-likeness (QED) is 0.362. The van der Waals surface area contributed by atoms with Crippen molar-refractivity contribution >= 4 is 35.6 Å². The van der Waals surface area contributed by atoms with Crippen LogP contribution in [-0.4, -0.2) is 31.7 Å². The second kappa shape index (κ2) is 8.67. The van der Waals surface area contributed by atoms with Crippen LogP contribution in [-0.2, 0) is 20.1 Å². The van der Waals surface area contributed by atoms with E-state index in [-0.39, 0.29) is 24.0 Å². The molecule has 0 radical (unpaired) electrons. The first-order chi connectivity index (χ1) is 11.3. The molecule has 0 bridgehead atoms. The van der Waals surface area contributed by atoms with Gasteiger partial charge in [0, 0.05) is 32.2 Å². The first kappa shape index (κ1) is 18.2. The predicted molar refractivity (Wildman–Crippen MR) is 105 cm³/mol. The maximum atomic E-state index is 4.60. The van der Waals surface area contributed by atoms with E-state index in [1.54, 1.807) is 0 Å². The monoisotopic (exact) mass is 439 g/mol. The van der Waals surface area contributed by atoms with Crippen molar-refractivity contribution in [3.05, 3.63) is 54.2 Å². The molecule has 3 heterocycles. The summed E-state index contributed by atoms with van der Waals surface area (Å²) < 4.78 is 3.99. The van der Waals surface area contributed by atoms with Crippen molar-refractivity contribution in [1.29, 1.82) is 0 Å². The van der Waals surface area contributed by atoms with Crippen molar-refractivity contribution < 1.29 is 0 Å². The van der Waals surface area contributed by atoms with Crippen LogP contribution in [0.3, 0.4) is 0 Å². The van der Waals surface area contributed by atoms with Gasteiger partial charge in [-0.3, -0.25) is 4.40 Å². The van der Waals surface area contributed by atoms with E-state index >= 15 is 0 Å². The molecule has 0 amide bonds. The topological polar surface area (TPSA) is 71.5 Å². The number of hydrogen-bond acceptors (Lipinski definition) is 3. The lowest BCUT2D eigenvalue weighted by Crippen LogP contribution is -2.37. The van der Waals surface area contributed by atoms with E-state index < -0.39 is 0 Å². The van der Waals surface area contributed by atoms with Gasteiger partial charge in [-0.2, -0.15) is 0 Å². The number of guanidine groups is 1. The van der Waals surface area contributed by atoms with E-state index in [1.165, 1.54) is 5.56 Å². The summed E-state index contributed by atoms with van der Waals surface area (Å²) in [6, 6.07) is 7.92. The van der Waals surface area contributed by atoms with Gasteiger partial charge in [-0.1, -0.05) is 6.07 Å². The smallest absolute Gasteiger partial charge is 0.191 e. The fourth-order valence-electron chi connectivity index (χ4n) is 2.34. The number of rotatable bonds is 5. The molecule has 8 heteroatoms. The second-order valence-electron chi connectivity index (χ2n) is 5.28. The van der Waals surface area contributed by atoms with Gasteiger partial charge < -0.3 is 15.2 Å². The molecular formula is C16H22IN7. The molecule has 0 aliphatic rings. The van der Waals surface area contributed by atoms with E-state index in [4.69, 9.17) is 0 Å². The molecule has 128 valence electrons. The highest BCUT2D eigenvalue weighted by Crippen LogP contribution is 2.03. The van der Waals surface area contributed by atoms with E-state index in [1.807, 2.05) is 53.5 Å². The largest absolute Gasteiger partial charge is 0.357 e. The Labute approximate surface area is 158 Å². The van der Waals surface area contributed by atoms with Crippen molar-refractivity contribution in [1.82, 2.24) is 29.8 Å². The molecule has 0 aliphatic carbocycles. The summed E-state index contributed by atoms with van der Waals surface area (Å²) in [4.78, 5) is 4.60. The van der Waals surface area contributed by atoms with Gasteiger partial charge in [-0.25, -0.2) is 4.99 Å². The summed E-state index contributed by atoms with van der Waals surface area (Å²) in [7, 11) is 2.01. The van der Waals surface area contributed by atoms with Crippen molar-refractivity contribution in [2.45, 2.75) is 20.0 Å². The molecule has 3 aromatic heterocycles. The Morgan fingerprint density at radius 3 is 2.79 bits per heavy atom. The lowest BCUT2D eigenvalue weighted by molar-refractivity contribution is 0.765. The molecule has 0 saturated carbocycles. The third-order valence-electron chi connectivity index (χ3n) is 3.46. The third-order valence-corrected chi connectivity index (χ3v) is 3.46. The van der Waals surface area contributed by atoms with E-state index in [2.05, 4.69) is 38.1 Å². The molecule has 3 rings (SSSR count). The minimum absolute atomic E-state index is 0. The lowest BCUT2D eigenvalue weighted by atomic mass is 10.3. The Kier molecular flexibility index (Phi) is 6.59. The zero-order valence-corrected chi connectivity index (χ0v) is 16.1. The summed E-state index contributed by atoms with van der Waals surface area (Å²) in [6.45, 7) is 4.05. The Balaban J connectivity index is 0.00000208. The number of nitrogens with one attached hydrogen (secondary N) is 2. The highest BCUT2D eigenvalue weighted by molar-refractivity contribution is 14.0. The van der Waals surface area contributed by atoms with Crippen LogP contribution in [0.5, 0.6) is 0 Å². The highest BCUT2D eigenvalue weighted by Gasteiger charge is 2.05. The number of aliphatic imine (C=N–C) groups is 1. The van der Waals surface area contributed by atoms with Gasteiger partial charge >= 0.3 is 0 Å². The number of halogens is 1. The Bertz CT molecular complexity index is 805. The molecule has 0 aliphatic heterocycles. The fraction of sp³-hybridized carbons (Fsp3) is 0.312. The van der Waals surface area contributed by atoms with E-state index in [0.29, 0.717) is 13.1 Å². The molecule has 0 fully saturated rings. The molecule has 0 atom stereocenters. The summed E-state index contributed by atoms with van der Waals surface area (Å²) in [5.41, 5.74) is 2.02. The van der Waals surface area contributed by atoms with Gasteiger partial charge in [-0.05, 0) is 30.7 Å². The minimum Gasteiger partial charge on any atom is -0.357 e. The molecule has 0 saturated heterocycles. The number of pyridine rings is 1. The van der Waals surface area contributed by atoms with E-state index in [9.17, 15) is 0 Å².